The Morgan fingerprint density at radius 3 is 2.55 bits per heavy atom. The normalized spacial score (nSPS) is 10.9. The first kappa shape index (κ1) is 20.6. The number of nitrogens with zero attached hydrogens (tertiary/aromatic N) is 2. The van der Waals surface area contributed by atoms with Crippen molar-refractivity contribution in [1.29, 1.82) is 0 Å². The molecule has 0 aliphatic carbocycles. The second-order valence-electron chi connectivity index (χ2n) is 7.23. The maximum absolute atomic E-state index is 15.0. The fourth-order valence-corrected chi connectivity index (χ4v) is 3.57. The molecule has 4 nitrogen and oxygen atoms in total. The number of aliphatic hydroxyl groups excluding tert-OH is 1. The lowest BCUT2D eigenvalue weighted by molar-refractivity contribution is 0.104. The summed E-state index contributed by atoms with van der Waals surface area (Å²) in [7, 11) is 0. The van der Waals surface area contributed by atoms with E-state index in [0.29, 0.717) is 39.7 Å². The quantitative estimate of drug-likeness (QED) is 0.326. The number of allylic oxidation sites excluding steroid dienone is 1. The highest BCUT2D eigenvalue weighted by Gasteiger charge is 2.14. The summed E-state index contributed by atoms with van der Waals surface area (Å²) in [5.41, 5.74) is 4.50. The first-order valence-electron chi connectivity index (χ1n) is 10.0. The van der Waals surface area contributed by atoms with Crippen LogP contribution in [-0.4, -0.2) is 27.5 Å². The zero-order valence-electron chi connectivity index (χ0n) is 16.9. The number of rotatable bonds is 7. The Morgan fingerprint density at radius 2 is 1.84 bits per heavy atom. The van der Waals surface area contributed by atoms with Crippen LogP contribution in [0.15, 0.2) is 79.6 Å². The molecule has 0 fully saturated rings. The lowest BCUT2D eigenvalue weighted by atomic mass is 9.98. The van der Waals surface area contributed by atoms with Crippen LogP contribution < -0.4 is 0 Å². The van der Waals surface area contributed by atoms with Gasteiger partial charge < -0.3 is 5.11 Å². The summed E-state index contributed by atoms with van der Waals surface area (Å²) in [5, 5.41) is 9.59. The molecule has 0 atom stereocenters. The molecule has 0 saturated carbocycles. The molecule has 2 heterocycles. The number of fused-ring (bicyclic) bond motifs is 1. The zero-order chi connectivity index (χ0) is 21.8. The van der Waals surface area contributed by atoms with Crippen LogP contribution in [0.2, 0.25) is 0 Å². The Hall–Kier alpha value is -3.70. The molecule has 2 aromatic heterocycles. The molecule has 0 amide bonds. The minimum absolute atomic E-state index is 0.150. The molecule has 0 unspecified atom stereocenters. The predicted molar refractivity (Wildman–Crippen MR) is 120 cm³/mol. The molecular formula is C26H21FN2O2. The minimum atomic E-state index is -0.367. The van der Waals surface area contributed by atoms with Crippen LogP contribution in [-0.2, 0) is 6.42 Å². The molecule has 0 radical (unpaired) electrons. The summed E-state index contributed by atoms with van der Waals surface area (Å²) in [6.45, 7) is 3.72. The topological polar surface area (TPSA) is 63.1 Å². The Balaban J connectivity index is 1.72. The maximum atomic E-state index is 15.0. The third-order valence-corrected chi connectivity index (χ3v) is 5.21. The Kier molecular flexibility index (Phi) is 5.96. The highest BCUT2D eigenvalue weighted by molar-refractivity contribution is 6.13. The summed E-state index contributed by atoms with van der Waals surface area (Å²) in [4.78, 5) is 21.0. The molecule has 0 bridgehead atoms. The lowest BCUT2D eigenvalue weighted by Gasteiger charge is -2.10. The number of aromatic nitrogens is 2. The highest BCUT2D eigenvalue weighted by Crippen LogP contribution is 2.30. The van der Waals surface area contributed by atoms with E-state index < -0.39 is 0 Å². The maximum Gasteiger partial charge on any atom is 0.186 e. The summed E-state index contributed by atoms with van der Waals surface area (Å²) >= 11 is 0. The average Bonchev–Trinajstić information content (AvgIpc) is 2.82. The number of benzene rings is 2. The van der Waals surface area contributed by atoms with E-state index in [9.17, 15) is 4.79 Å². The van der Waals surface area contributed by atoms with Gasteiger partial charge in [-0.1, -0.05) is 43.0 Å². The van der Waals surface area contributed by atoms with Crippen LogP contribution >= 0.6 is 0 Å². The van der Waals surface area contributed by atoms with Crippen molar-refractivity contribution in [2.45, 2.75) is 12.8 Å². The van der Waals surface area contributed by atoms with E-state index in [-0.39, 0.29) is 18.2 Å². The number of carbonyl (C=O) groups is 1. The van der Waals surface area contributed by atoms with Gasteiger partial charge in [0.1, 0.15) is 5.82 Å². The molecule has 0 aliphatic heterocycles. The second-order valence-corrected chi connectivity index (χ2v) is 7.23. The van der Waals surface area contributed by atoms with Crippen molar-refractivity contribution < 1.29 is 14.3 Å². The van der Waals surface area contributed by atoms with Gasteiger partial charge in [-0.05, 0) is 48.2 Å². The van der Waals surface area contributed by atoms with Crippen LogP contribution in [0.1, 0.15) is 22.3 Å². The molecule has 1 N–H and O–H groups in total. The van der Waals surface area contributed by atoms with Crippen molar-refractivity contribution in [2.75, 3.05) is 6.61 Å². The number of hydrogen-bond donors (Lipinski definition) is 1. The van der Waals surface area contributed by atoms with E-state index in [4.69, 9.17) is 5.11 Å². The number of carbonyl (C=O) groups excluding carboxylic acids is 1. The van der Waals surface area contributed by atoms with Crippen LogP contribution in [0.4, 0.5) is 4.39 Å². The number of aryl methyl sites for hydroxylation is 1. The summed E-state index contributed by atoms with van der Waals surface area (Å²) in [6.07, 6.45) is 5.94. The largest absolute Gasteiger partial charge is 0.396 e. The van der Waals surface area contributed by atoms with E-state index in [2.05, 4.69) is 16.5 Å². The zero-order valence-corrected chi connectivity index (χ0v) is 16.9. The number of hydrogen-bond acceptors (Lipinski definition) is 4. The van der Waals surface area contributed by atoms with E-state index in [1.807, 2.05) is 24.3 Å². The van der Waals surface area contributed by atoms with E-state index in [0.717, 1.165) is 17.5 Å². The standard InChI is InChI=1S/C26H21FN2O2/c1-2-26(31)21-15-25(29-24-11-12-28-16-22(21)24)19-9-10-20(23(27)14-19)18-7-5-17(6-8-18)4-3-13-30/h2,5-12,14-16,30H,1,3-4,13H2. The number of pyridine rings is 2. The van der Waals surface area contributed by atoms with Crippen LogP contribution in [0.25, 0.3) is 33.3 Å². The molecule has 4 aromatic rings. The number of aliphatic hydroxyl groups is 1. The van der Waals surface area contributed by atoms with Gasteiger partial charge in [-0.15, -0.1) is 0 Å². The minimum Gasteiger partial charge on any atom is -0.396 e. The molecule has 0 spiro atoms. The van der Waals surface area contributed by atoms with Gasteiger partial charge in [-0.3, -0.25) is 9.78 Å². The van der Waals surface area contributed by atoms with Crippen molar-refractivity contribution in [2.24, 2.45) is 0 Å². The molecule has 0 aliphatic rings. The van der Waals surface area contributed by atoms with Gasteiger partial charge in [0.25, 0.3) is 0 Å². The molecule has 4 rings (SSSR count). The smallest absolute Gasteiger partial charge is 0.186 e. The number of halogens is 1. The number of ketones is 1. The van der Waals surface area contributed by atoms with Crippen molar-refractivity contribution >= 4 is 16.7 Å². The lowest BCUT2D eigenvalue weighted by Crippen LogP contribution is -1.99. The average molecular weight is 412 g/mol. The molecule has 0 saturated heterocycles. The first-order valence-corrected chi connectivity index (χ1v) is 10.0. The van der Waals surface area contributed by atoms with E-state index in [1.165, 1.54) is 12.1 Å². The third-order valence-electron chi connectivity index (χ3n) is 5.21. The molecule has 154 valence electrons. The van der Waals surface area contributed by atoms with Crippen LogP contribution in [0.3, 0.4) is 0 Å². The van der Waals surface area contributed by atoms with Gasteiger partial charge >= 0.3 is 0 Å². The first-order chi connectivity index (χ1) is 15.1. The van der Waals surface area contributed by atoms with E-state index in [1.54, 1.807) is 36.7 Å². The molecule has 31 heavy (non-hydrogen) atoms. The summed E-state index contributed by atoms with van der Waals surface area (Å²) < 4.78 is 15.0. The fraction of sp³-hybridized carbons (Fsp3) is 0.115. The van der Waals surface area contributed by atoms with Crippen molar-refractivity contribution in [3.05, 3.63) is 96.6 Å². The SMILES string of the molecule is C=CC(=O)c1cc(-c2ccc(-c3ccc(CCCO)cc3)c(F)c2)nc2ccncc12. The highest BCUT2D eigenvalue weighted by atomic mass is 19.1. The molecule has 2 aromatic carbocycles. The summed E-state index contributed by atoms with van der Waals surface area (Å²) in [6, 6.07) is 16.0. The fourth-order valence-electron chi connectivity index (χ4n) is 3.57. The summed E-state index contributed by atoms with van der Waals surface area (Å²) in [5.74, 6) is -0.603. The van der Waals surface area contributed by atoms with E-state index >= 15 is 4.39 Å². The van der Waals surface area contributed by atoms with Gasteiger partial charge in [0, 0.05) is 41.1 Å². The van der Waals surface area contributed by atoms with Gasteiger partial charge in [0.2, 0.25) is 0 Å². The monoisotopic (exact) mass is 412 g/mol. The van der Waals surface area contributed by atoms with Crippen LogP contribution in [0.5, 0.6) is 0 Å². The third kappa shape index (κ3) is 4.27. The van der Waals surface area contributed by atoms with Gasteiger partial charge in [0.05, 0.1) is 11.2 Å². The van der Waals surface area contributed by atoms with Crippen molar-refractivity contribution in [3.8, 4) is 22.4 Å². The van der Waals surface area contributed by atoms with Gasteiger partial charge in [-0.2, -0.15) is 0 Å². The predicted octanol–water partition coefficient (Wildman–Crippen LogP) is 5.40. The molecular weight excluding hydrogens is 391 g/mol. The van der Waals surface area contributed by atoms with Crippen molar-refractivity contribution in [3.63, 3.8) is 0 Å². The Bertz CT molecular complexity index is 1270. The second kappa shape index (κ2) is 8.98. The van der Waals surface area contributed by atoms with Gasteiger partial charge in [-0.25, -0.2) is 9.37 Å². The Morgan fingerprint density at radius 1 is 1.06 bits per heavy atom. The Labute approximate surface area is 179 Å². The van der Waals surface area contributed by atoms with Crippen molar-refractivity contribution in [1.82, 2.24) is 9.97 Å². The van der Waals surface area contributed by atoms with Gasteiger partial charge in [0.15, 0.2) is 5.78 Å². The van der Waals surface area contributed by atoms with Crippen LogP contribution in [0, 0.1) is 5.82 Å². The molecule has 5 heteroatoms.